The van der Waals surface area contributed by atoms with Crippen molar-refractivity contribution in [2.75, 3.05) is 31.6 Å². The molecule has 44 heavy (non-hydrogen) atoms. The van der Waals surface area contributed by atoms with Crippen LogP contribution >= 0.6 is 11.6 Å². The summed E-state index contributed by atoms with van der Waals surface area (Å²) in [5, 5.41) is 8.44. The predicted octanol–water partition coefficient (Wildman–Crippen LogP) is 4.63. The van der Waals surface area contributed by atoms with Crippen LogP contribution in [-0.4, -0.2) is 67.7 Å². The Hall–Kier alpha value is -3.94. The zero-order valence-corrected chi connectivity index (χ0v) is 24.3. The number of rotatable bonds is 12. The highest BCUT2D eigenvalue weighted by Gasteiger charge is 2.29. The molecule has 9 nitrogen and oxygen atoms in total. The summed E-state index contributed by atoms with van der Waals surface area (Å²) in [4.78, 5) is 27.9. The van der Waals surface area contributed by atoms with Crippen LogP contribution in [0.2, 0.25) is 5.02 Å². The van der Waals surface area contributed by atoms with Gasteiger partial charge in [0.2, 0.25) is 5.91 Å². The molecule has 5 N–H and O–H groups in total. The molecular weight excluding hydrogens is 606 g/mol. The molecule has 2 aromatic carbocycles. The lowest BCUT2D eigenvalue weighted by atomic mass is 9.94. The Morgan fingerprint density at radius 3 is 2.59 bits per heavy atom. The minimum Gasteiger partial charge on any atom is -0.448 e. The summed E-state index contributed by atoms with van der Waals surface area (Å²) in [6.45, 7) is -1.18. The molecule has 0 saturated carbocycles. The van der Waals surface area contributed by atoms with Crippen LogP contribution in [-0.2, 0) is 27.1 Å². The highest BCUT2D eigenvalue weighted by molar-refractivity contribution is 6.30. The first-order valence-corrected chi connectivity index (χ1v) is 14.2. The highest BCUT2D eigenvalue weighted by atomic mass is 35.5. The van der Waals surface area contributed by atoms with Crippen molar-refractivity contribution in [2.24, 2.45) is 5.73 Å². The molecule has 1 saturated heterocycles. The first kappa shape index (κ1) is 33.0. The van der Waals surface area contributed by atoms with Gasteiger partial charge in [-0.2, -0.15) is 13.2 Å². The monoisotopic (exact) mass is 637 g/mol. The average molecular weight is 638 g/mol. The fourth-order valence-corrected chi connectivity index (χ4v) is 4.87. The molecule has 1 fully saturated rings. The Morgan fingerprint density at radius 1 is 1.16 bits per heavy atom. The number of ether oxygens (including phenoxy) is 2. The third kappa shape index (κ3) is 9.79. The van der Waals surface area contributed by atoms with Crippen LogP contribution in [0.4, 0.5) is 28.0 Å². The number of pyridine rings is 1. The molecule has 2 heterocycles. The molecule has 0 spiro atoms. The first-order chi connectivity index (χ1) is 21.0. The predicted molar refractivity (Wildman–Crippen MR) is 157 cm³/mol. The minimum atomic E-state index is -4.54. The largest absolute Gasteiger partial charge is 0.448 e. The molecule has 236 valence electrons. The Labute approximate surface area is 256 Å². The molecular formula is C30H32ClF4N5O4. The zero-order chi connectivity index (χ0) is 31.7. The van der Waals surface area contributed by atoms with E-state index in [4.69, 9.17) is 26.8 Å². The van der Waals surface area contributed by atoms with Gasteiger partial charge in [0.15, 0.2) is 0 Å². The van der Waals surface area contributed by atoms with Crippen molar-refractivity contribution in [1.29, 1.82) is 0 Å². The van der Waals surface area contributed by atoms with Crippen molar-refractivity contribution >= 4 is 29.3 Å². The summed E-state index contributed by atoms with van der Waals surface area (Å²) in [5.41, 5.74) is 9.09. The summed E-state index contributed by atoms with van der Waals surface area (Å²) >= 11 is 6.04. The number of nitrogens with zero attached hydrogens (tertiary/aromatic N) is 1. The summed E-state index contributed by atoms with van der Waals surface area (Å²) < 4.78 is 62.2. The van der Waals surface area contributed by atoms with E-state index in [1.165, 1.54) is 6.20 Å². The topological polar surface area (TPSA) is 128 Å². The van der Waals surface area contributed by atoms with E-state index in [0.717, 1.165) is 22.9 Å². The number of halogens is 5. The lowest BCUT2D eigenvalue weighted by molar-refractivity contribution is -0.124. The third-order valence-electron chi connectivity index (χ3n) is 7.01. The first-order valence-electron chi connectivity index (χ1n) is 13.8. The molecule has 0 unspecified atom stereocenters. The normalized spacial score (nSPS) is 17.5. The van der Waals surface area contributed by atoms with Crippen LogP contribution in [0.5, 0.6) is 0 Å². The summed E-state index contributed by atoms with van der Waals surface area (Å²) in [7, 11) is 0. The lowest BCUT2D eigenvalue weighted by Gasteiger charge is -2.30. The number of morpholine rings is 1. The van der Waals surface area contributed by atoms with E-state index in [0.29, 0.717) is 29.2 Å². The fraction of sp³-hybridized carbons (Fsp3) is 0.367. The molecule has 2 amide bonds. The number of primary amides is 1. The zero-order valence-electron chi connectivity index (χ0n) is 23.5. The molecule has 0 radical (unpaired) electrons. The van der Waals surface area contributed by atoms with E-state index >= 15 is 0 Å². The van der Waals surface area contributed by atoms with Gasteiger partial charge >= 0.3 is 12.3 Å². The maximum atomic E-state index is 15.0. The van der Waals surface area contributed by atoms with Gasteiger partial charge in [0.25, 0.3) is 0 Å². The molecule has 3 atom stereocenters. The number of carbonyl (C=O) groups excluding carboxylic acids is 2. The van der Waals surface area contributed by atoms with Crippen molar-refractivity contribution in [2.45, 2.75) is 43.6 Å². The number of aromatic nitrogens is 1. The standard InChI is InChI=1S/C30H32ClF4N5O4/c31-20-7-5-18(6-8-20)23-4-2-1-3-19(23)11-26(28(36)41)40-27-14-37-13-25(32)24(27)10-9-22-12-38-21(15-43-22)16-44-29(42)39-17-30(33,34)35/h1-8,13-14,21-22,26,38,40H,9-12,15-17H2,(H2,36,41)(H,39,42)/t21-,22+,26-/m0/s1. The lowest BCUT2D eigenvalue weighted by Crippen LogP contribution is -2.49. The van der Waals surface area contributed by atoms with Gasteiger partial charge in [-0.15, -0.1) is 0 Å². The van der Waals surface area contributed by atoms with Gasteiger partial charge in [0.05, 0.1) is 36.8 Å². The van der Waals surface area contributed by atoms with Crippen molar-refractivity contribution < 1.29 is 36.6 Å². The molecule has 14 heteroatoms. The van der Waals surface area contributed by atoms with Crippen molar-refractivity contribution in [1.82, 2.24) is 15.6 Å². The Kier molecular flexibility index (Phi) is 11.4. The number of anilines is 1. The number of alkyl carbamates (subject to hydrolysis) is 1. The smallest absolute Gasteiger partial charge is 0.407 e. The van der Waals surface area contributed by atoms with Crippen molar-refractivity contribution in [3.63, 3.8) is 0 Å². The summed E-state index contributed by atoms with van der Waals surface area (Å²) in [6.07, 6.45) is -2.61. The van der Waals surface area contributed by atoms with E-state index in [1.54, 1.807) is 17.4 Å². The number of amides is 2. The van der Waals surface area contributed by atoms with Gasteiger partial charge in [0, 0.05) is 23.6 Å². The third-order valence-corrected chi connectivity index (χ3v) is 7.26. The maximum Gasteiger partial charge on any atom is 0.407 e. The average Bonchev–Trinajstić information content (AvgIpc) is 2.99. The number of nitrogens with two attached hydrogens (primary N) is 1. The molecule has 0 bridgehead atoms. The fourth-order valence-electron chi connectivity index (χ4n) is 4.75. The second kappa shape index (κ2) is 15.2. The minimum absolute atomic E-state index is 0.137. The van der Waals surface area contributed by atoms with Gasteiger partial charge in [-0.05, 0) is 41.7 Å². The van der Waals surface area contributed by atoms with E-state index in [-0.39, 0.29) is 32.2 Å². The van der Waals surface area contributed by atoms with Gasteiger partial charge in [-0.3, -0.25) is 9.78 Å². The van der Waals surface area contributed by atoms with Gasteiger partial charge in [0.1, 0.15) is 25.0 Å². The van der Waals surface area contributed by atoms with Crippen LogP contribution in [0, 0.1) is 5.82 Å². The van der Waals surface area contributed by atoms with Gasteiger partial charge in [-0.1, -0.05) is 48.0 Å². The number of carbonyl (C=O) groups is 2. The maximum absolute atomic E-state index is 15.0. The van der Waals surface area contributed by atoms with Crippen LogP contribution in [0.25, 0.3) is 11.1 Å². The van der Waals surface area contributed by atoms with E-state index in [9.17, 15) is 27.2 Å². The number of benzene rings is 2. The van der Waals surface area contributed by atoms with E-state index in [2.05, 4.69) is 15.6 Å². The Bertz CT molecular complexity index is 1420. The molecule has 1 aliphatic rings. The van der Waals surface area contributed by atoms with Crippen LogP contribution in [0.15, 0.2) is 60.9 Å². The second-order valence-electron chi connectivity index (χ2n) is 10.3. The molecule has 3 aromatic rings. The molecule has 1 aliphatic heterocycles. The Morgan fingerprint density at radius 2 is 1.91 bits per heavy atom. The molecule has 1 aromatic heterocycles. The van der Waals surface area contributed by atoms with E-state index < -0.39 is 42.6 Å². The Balaban J connectivity index is 1.34. The quantitative estimate of drug-likeness (QED) is 0.213. The van der Waals surface area contributed by atoms with Crippen LogP contribution in [0.3, 0.4) is 0 Å². The van der Waals surface area contributed by atoms with Crippen molar-refractivity contribution in [3.8, 4) is 11.1 Å². The second-order valence-corrected chi connectivity index (χ2v) is 10.7. The summed E-state index contributed by atoms with van der Waals surface area (Å²) in [6, 6.07) is 13.6. The van der Waals surface area contributed by atoms with Crippen molar-refractivity contribution in [3.05, 3.63) is 82.9 Å². The number of nitrogens with one attached hydrogen (secondary N) is 3. The molecule has 0 aliphatic carbocycles. The number of alkyl halides is 3. The molecule has 4 rings (SSSR count). The number of hydrogen-bond donors (Lipinski definition) is 4. The summed E-state index contributed by atoms with van der Waals surface area (Å²) in [5.74, 6) is -1.18. The SMILES string of the molecule is NC(=O)[C@H](Cc1ccccc1-c1ccc(Cl)cc1)Nc1cncc(F)c1CC[C@@H]1CN[C@H](COC(=O)NCC(F)(F)F)CO1. The highest BCUT2D eigenvalue weighted by Crippen LogP contribution is 2.28. The van der Waals surface area contributed by atoms with Gasteiger partial charge in [-0.25, -0.2) is 9.18 Å². The number of hydrogen-bond acceptors (Lipinski definition) is 7. The van der Waals surface area contributed by atoms with Gasteiger partial charge < -0.3 is 31.2 Å². The van der Waals surface area contributed by atoms with Crippen LogP contribution in [0.1, 0.15) is 17.5 Å². The van der Waals surface area contributed by atoms with E-state index in [1.807, 2.05) is 36.4 Å². The van der Waals surface area contributed by atoms with Crippen LogP contribution < -0.4 is 21.7 Å².